The van der Waals surface area contributed by atoms with Crippen molar-refractivity contribution in [3.8, 4) is 5.75 Å². The molecule has 2 fully saturated rings. The lowest BCUT2D eigenvalue weighted by molar-refractivity contribution is 0.0930. The summed E-state index contributed by atoms with van der Waals surface area (Å²) in [6.07, 6.45) is 9.67. The Bertz CT molecular complexity index is 765. The van der Waals surface area contributed by atoms with Gasteiger partial charge in [0.2, 0.25) is 10.0 Å². The highest BCUT2D eigenvalue weighted by atomic mass is 32.2. The number of hydrogen-bond acceptors (Lipinski definition) is 4. The van der Waals surface area contributed by atoms with Gasteiger partial charge >= 0.3 is 0 Å². The average molecular weight is 409 g/mol. The van der Waals surface area contributed by atoms with Crippen LogP contribution >= 0.6 is 0 Å². The molecule has 0 bridgehead atoms. The maximum Gasteiger partial charge on any atom is 0.251 e. The molecule has 7 heteroatoms. The molecule has 1 aromatic rings. The second-order valence-corrected chi connectivity index (χ2v) is 9.63. The van der Waals surface area contributed by atoms with E-state index < -0.39 is 10.0 Å². The van der Waals surface area contributed by atoms with Crippen molar-refractivity contribution in [1.82, 2.24) is 9.62 Å². The minimum atomic E-state index is -3.66. The molecule has 0 atom stereocenters. The third-order valence-electron chi connectivity index (χ3n) is 5.63. The average Bonchev–Trinajstić information content (AvgIpc) is 3.20. The van der Waals surface area contributed by atoms with Gasteiger partial charge in [0.1, 0.15) is 10.6 Å². The summed E-state index contributed by atoms with van der Waals surface area (Å²) in [4.78, 5) is 12.9. The molecule has 28 heavy (non-hydrogen) atoms. The van der Waals surface area contributed by atoms with Gasteiger partial charge in [0.05, 0.1) is 6.61 Å². The topological polar surface area (TPSA) is 75.7 Å². The van der Waals surface area contributed by atoms with Crippen LogP contribution in [0.5, 0.6) is 5.75 Å². The lowest BCUT2D eigenvalue weighted by Gasteiger charge is -2.22. The highest BCUT2D eigenvalue weighted by Gasteiger charge is 2.31. The van der Waals surface area contributed by atoms with Crippen molar-refractivity contribution in [2.45, 2.75) is 75.6 Å². The van der Waals surface area contributed by atoms with Gasteiger partial charge in [-0.2, -0.15) is 4.31 Å². The van der Waals surface area contributed by atoms with Crippen molar-refractivity contribution in [2.24, 2.45) is 0 Å². The Labute approximate surface area is 168 Å². The molecule has 1 aromatic carbocycles. The monoisotopic (exact) mass is 408 g/mol. The molecule has 1 N–H and O–H groups in total. The fourth-order valence-corrected chi connectivity index (χ4v) is 5.74. The normalized spacial score (nSPS) is 19.8. The predicted octanol–water partition coefficient (Wildman–Crippen LogP) is 3.71. The second-order valence-electron chi connectivity index (χ2n) is 7.72. The molecule has 1 amide bonds. The van der Waals surface area contributed by atoms with Crippen molar-refractivity contribution in [1.29, 1.82) is 0 Å². The Morgan fingerprint density at radius 2 is 1.71 bits per heavy atom. The minimum absolute atomic E-state index is 0.0987. The molecule has 3 rings (SSSR count). The maximum atomic E-state index is 13.1. The molecule has 6 nitrogen and oxygen atoms in total. The number of carbonyl (C=O) groups excluding carboxylic acids is 1. The van der Waals surface area contributed by atoms with Gasteiger partial charge in [-0.1, -0.05) is 32.1 Å². The summed E-state index contributed by atoms with van der Waals surface area (Å²) >= 11 is 0. The molecule has 0 aromatic heterocycles. The number of amides is 1. The summed E-state index contributed by atoms with van der Waals surface area (Å²) in [5.41, 5.74) is 0.378. The molecule has 1 saturated carbocycles. The zero-order valence-electron chi connectivity index (χ0n) is 16.8. The lowest BCUT2D eigenvalue weighted by atomic mass is 9.96. The van der Waals surface area contributed by atoms with E-state index in [1.807, 2.05) is 6.92 Å². The Hall–Kier alpha value is -1.60. The summed E-state index contributed by atoms with van der Waals surface area (Å²) in [5, 5.41) is 3.11. The van der Waals surface area contributed by atoms with Crippen LogP contribution in [-0.4, -0.2) is 44.4 Å². The molecule has 0 spiro atoms. The fraction of sp³-hybridized carbons (Fsp3) is 0.667. The van der Waals surface area contributed by atoms with Crippen LogP contribution in [0, 0.1) is 0 Å². The first-order valence-electron chi connectivity index (χ1n) is 10.6. The van der Waals surface area contributed by atoms with Crippen LogP contribution in [0.1, 0.15) is 75.1 Å². The van der Waals surface area contributed by atoms with Crippen LogP contribution in [-0.2, 0) is 10.0 Å². The summed E-state index contributed by atoms with van der Waals surface area (Å²) < 4.78 is 33.2. The molecule has 1 aliphatic carbocycles. The van der Waals surface area contributed by atoms with E-state index in [0.29, 0.717) is 31.0 Å². The quantitative estimate of drug-likeness (QED) is 0.778. The smallest absolute Gasteiger partial charge is 0.251 e. The van der Waals surface area contributed by atoms with Crippen LogP contribution in [0.15, 0.2) is 23.1 Å². The first-order valence-corrected chi connectivity index (χ1v) is 12.0. The molecule has 2 aliphatic rings. The number of ether oxygens (including phenoxy) is 1. The molecule has 156 valence electrons. The number of nitrogens with zero attached hydrogens (tertiary/aromatic N) is 1. The summed E-state index contributed by atoms with van der Waals surface area (Å²) in [7, 11) is -3.66. The van der Waals surface area contributed by atoms with Crippen LogP contribution in [0.3, 0.4) is 0 Å². The molecule has 0 radical (unpaired) electrons. The van der Waals surface area contributed by atoms with Crippen molar-refractivity contribution in [3.63, 3.8) is 0 Å². The van der Waals surface area contributed by atoms with E-state index in [9.17, 15) is 13.2 Å². The summed E-state index contributed by atoms with van der Waals surface area (Å²) in [6, 6.07) is 4.92. The standard InChI is InChI=1S/C21H32N2O4S/c1-2-27-19-13-12-17(16-20(19)28(25,26)23-14-8-9-15-23)21(24)22-18-10-6-4-3-5-7-11-18/h12-13,16,18H,2-11,14-15H2,1H3,(H,22,24). The maximum absolute atomic E-state index is 13.1. The van der Waals surface area contributed by atoms with Crippen LogP contribution in [0.4, 0.5) is 0 Å². The van der Waals surface area contributed by atoms with E-state index in [1.54, 1.807) is 12.1 Å². The number of nitrogens with one attached hydrogen (secondary N) is 1. The van der Waals surface area contributed by atoms with E-state index in [2.05, 4.69) is 5.32 Å². The van der Waals surface area contributed by atoms with Crippen molar-refractivity contribution in [2.75, 3.05) is 19.7 Å². The number of benzene rings is 1. The van der Waals surface area contributed by atoms with Gasteiger partial charge in [0, 0.05) is 24.7 Å². The van der Waals surface area contributed by atoms with Crippen LogP contribution in [0.2, 0.25) is 0 Å². The molecular weight excluding hydrogens is 376 g/mol. The van der Waals surface area contributed by atoms with Gasteiger partial charge in [-0.15, -0.1) is 0 Å². The number of carbonyl (C=O) groups is 1. The molecule has 0 unspecified atom stereocenters. The number of hydrogen-bond donors (Lipinski definition) is 1. The number of rotatable bonds is 6. The van der Waals surface area contributed by atoms with Crippen molar-refractivity contribution >= 4 is 15.9 Å². The summed E-state index contributed by atoms with van der Waals surface area (Å²) in [5.74, 6) is 0.114. The highest BCUT2D eigenvalue weighted by Crippen LogP contribution is 2.30. The van der Waals surface area contributed by atoms with Crippen LogP contribution in [0.25, 0.3) is 0 Å². The zero-order chi connectivity index (χ0) is 20.0. The molecule has 1 aliphatic heterocycles. The van der Waals surface area contributed by atoms with Gasteiger partial charge < -0.3 is 10.1 Å². The van der Waals surface area contributed by atoms with Gasteiger partial charge in [0.15, 0.2) is 0 Å². The Kier molecular flexibility index (Phi) is 7.35. The minimum Gasteiger partial charge on any atom is -0.492 e. The van der Waals surface area contributed by atoms with Gasteiger partial charge in [-0.05, 0) is 50.8 Å². The van der Waals surface area contributed by atoms with Crippen molar-refractivity contribution in [3.05, 3.63) is 23.8 Å². The van der Waals surface area contributed by atoms with E-state index >= 15 is 0 Å². The SMILES string of the molecule is CCOc1ccc(C(=O)NC2CCCCCCC2)cc1S(=O)(=O)N1CCCC1. The zero-order valence-corrected chi connectivity index (χ0v) is 17.6. The molecule has 1 saturated heterocycles. The highest BCUT2D eigenvalue weighted by molar-refractivity contribution is 7.89. The largest absolute Gasteiger partial charge is 0.492 e. The Morgan fingerprint density at radius 1 is 1.07 bits per heavy atom. The van der Waals surface area contributed by atoms with Crippen molar-refractivity contribution < 1.29 is 17.9 Å². The lowest BCUT2D eigenvalue weighted by Crippen LogP contribution is -2.35. The summed E-state index contributed by atoms with van der Waals surface area (Å²) in [6.45, 7) is 3.23. The third-order valence-corrected chi connectivity index (χ3v) is 7.55. The Morgan fingerprint density at radius 3 is 2.36 bits per heavy atom. The third kappa shape index (κ3) is 5.06. The van der Waals surface area contributed by atoms with E-state index in [0.717, 1.165) is 38.5 Å². The Balaban J connectivity index is 1.82. The van der Waals surface area contributed by atoms with Gasteiger partial charge in [-0.25, -0.2) is 8.42 Å². The molecule has 1 heterocycles. The van der Waals surface area contributed by atoms with E-state index in [-0.39, 0.29) is 16.8 Å². The first-order chi connectivity index (χ1) is 13.5. The second kappa shape index (κ2) is 9.74. The van der Waals surface area contributed by atoms with Gasteiger partial charge in [-0.3, -0.25) is 4.79 Å². The first kappa shape index (κ1) is 21.1. The van der Waals surface area contributed by atoms with Crippen LogP contribution < -0.4 is 10.1 Å². The van der Waals surface area contributed by atoms with E-state index in [4.69, 9.17) is 4.74 Å². The number of sulfonamides is 1. The van der Waals surface area contributed by atoms with E-state index in [1.165, 1.54) is 29.6 Å². The fourth-order valence-electron chi connectivity index (χ4n) is 4.06. The molecular formula is C21H32N2O4S. The van der Waals surface area contributed by atoms with Gasteiger partial charge in [0.25, 0.3) is 5.91 Å². The predicted molar refractivity (Wildman–Crippen MR) is 109 cm³/mol.